The standard InChI is InChI=1S/C21H38N4O2S/c1-3-4-5-6-7-8-9-10-11-12-13-14-15-16-17(26)25-19(22)18(20(23)27)21(24-25)28-2/h3-16,22H2,1-2H3,(H2,23,27). The zero-order valence-corrected chi connectivity index (χ0v) is 18.5. The molecule has 0 spiro atoms. The molecule has 1 aromatic rings. The Labute approximate surface area is 174 Å². The van der Waals surface area contributed by atoms with Gasteiger partial charge in [-0.1, -0.05) is 84.0 Å². The number of nitrogens with zero attached hydrogens (tertiary/aromatic N) is 2. The summed E-state index contributed by atoms with van der Waals surface area (Å²) in [6, 6.07) is 0. The highest BCUT2D eigenvalue weighted by Crippen LogP contribution is 2.24. The molecule has 1 rings (SSSR count). The summed E-state index contributed by atoms with van der Waals surface area (Å²) in [6.45, 7) is 2.25. The number of rotatable bonds is 16. The molecular weight excluding hydrogens is 372 g/mol. The van der Waals surface area contributed by atoms with Gasteiger partial charge in [-0.3, -0.25) is 9.59 Å². The smallest absolute Gasteiger partial charge is 0.255 e. The van der Waals surface area contributed by atoms with Crippen molar-refractivity contribution >= 4 is 29.4 Å². The van der Waals surface area contributed by atoms with E-state index in [2.05, 4.69) is 12.0 Å². The third-order valence-corrected chi connectivity index (χ3v) is 5.73. The fraction of sp³-hybridized carbons (Fsp3) is 0.762. The molecule has 0 saturated heterocycles. The van der Waals surface area contributed by atoms with Crippen LogP contribution in [0.3, 0.4) is 0 Å². The molecule has 28 heavy (non-hydrogen) atoms. The SMILES string of the molecule is CCCCCCCCCCCCCCCC(=O)n1nc(SC)c(C(N)=O)c1N. The van der Waals surface area contributed by atoms with Crippen LogP contribution in [0.2, 0.25) is 0 Å². The minimum atomic E-state index is -0.651. The predicted molar refractivity (Wildman–Crippen MR) is 118 cm³/mol. The number of carbonyl (C=O) groups is 2. The van der Waals surface area contributed by atoms with Crippen molar-refractivity contribution in [1.82, 2.24) is 9.78 Å². The van der Waals surface area contributed by atoms with Crippen molar-refractivity contribution in [3.63, 3.8) is 0 Å². The summed E-state index contributed by atoms with van der Waals surface area (Å²) in [5.74, 6) is -0.776. The van der Waals surface area contributed by atoms with Crippen LogP contribution in [0.25, 0.3) is 0 Å². The summed E-state index contributed by atoms with van der Waals surface area (Å²) >= 11 is 1.26. The van der Waals surface area contributed by atoms with Crippen molar-refractivity contribution in [2.45, 2.75) is 102 Å². The molecule has 0 unspecified atom stereocenters. The lowest BCUT2D eigenvalue weighted by atomic mass is 10.0. The maximum Gasteiger partial charge on any atom is 0.255 e. The highest BCUT2D eigenvalue weighted by atomic mass is 32.2. The van der Waals surface area contributed by atoms with Gasteiger partial charge in [-0.2, -0.15) is 9.78 Å². The summed E-state index contributed by atoms with van der Waals surface area (Å²) in [5, 5.41) is 4.54. The third-order valence-electron chi connectivity index (χ3n) is 5.06. The Hall–Kier alpha value is -1.50. The number of anilines is 1. The molecule has 0 aliphatic carbocycles. The first-order valence-electron chi connectivity index (χ1n) is 10.8. The van der Waals surface area contributed by atoms with Crippen molar-refractivity contribution < 1.29 is 9.59 Å². The lowest BCUT2D eigenvalue weighted by Crippen LogP contribution is -2.17. The zero-order chi connectivity index (χ0) is 20.8. The minimum absolute atomic E-state index is 0.0524. The van der Waals surface area contributed by atoms with Gasteiger partial charge in [0.15, 0.2) is 0 Å². The molecule has 160 valence electrons. The van der Waals surface area contributed by atoms with Crippen LogP contribution in [0.4, 0.5) is 5.82 Å². The molecule has 0 aliphatic heterocycles. The monoisotopic (exact) mass is 410 g/mol. The maximum atomic E-state index is 12.3. The van der Waals surface area contributed by atoms with E-state index in [1.54, 1.807) is 6.26 Å². The molecule has 4 N–H and O–H groups in total. The van der Waals surface area contributed by atoms with Gasteiger partial charge >= 0.3 is 0 Å². The molecule has 0 saturated carbocycles. The van der Waals surface area contributed by atoms with Gasteiger partial charge in [0.2, 0.25) is 5.91 Å². The average molecular weight is 411 g/mol. The molecule has 7 heteroatoms. The van der Waals surface area contributed by atoms with Crippen LogP contribution >= 0.6 is 11.8 Å². The molecule has 1 amide bonds. The minimum Gasteiger partial charge on any atom is -0.383 e. The molecule has 0 atom stereocenters. The van der Waals surface area contributed by atoms with E-state index in [0.29, 0.717) is 11.4 Å². The van der Waals surface area contributed by atoms with Gasteiger partial charge in [0.05, 0.1) is 0 Å². The second kappa shape index (κ2) is 14.5. The second-order valence-corrected chi connectivity index (χ2v) is 8.23. The van der Waals surface area contributed by atoms with Crippen LogP contribution in [-0.2, 0) is 0 Å². The maximum absolute atomic E-state index is 12.3. The van der Waals surface area contributed by atoms with Crippen LogP contribution in [0.5, 0.6) is 0 Å². The van der Waals surface area contributed by atoms with E-state index in [-0.39, 0.29) is 17.3 Å². The van der Waals surface area contributed by atoms with Crippen LogP contribution in [0.15, 0.2) is 5.03 Å². The van der Waals surface area contributed by atoms with Gasteiger partial charge in [0, 0.05) is 6.42 Å². The number of hydrogen-bond acceptors (Lipinski definition) is 5. The molecule has 0 radical (unpaired) electrons. The molecule has 1 heterocycles. The Balaban J connectivity index is 2.12. The highest BCUT2D eigenvalue weighted by molar-refractivity contribution is 7.98. The summed E-state index contributed by atoms with van der Waals surface area (Å²) in [6.07, 6.45) is 18.6. The topological polar surface area (TPSA) is 104 Å². The Bertz CT molecular complexity index is 601. The van der Waals surface area contributed by atoms with Crippen molar-refractivity contribution in [3.8, 4) is 0 Å². The fourth-order valence-corrected chi connectivity index (χ4v) is 3.95. The first kappa shape index (κ1) is 24.5. The van der Waals surface area contributed by atoms with E-state index in [4.69, 9.17) is 11.5 Å². The fourth-order valence-electron chi connectivity index (χ4n) is 3.37. The number of aromatic nitrogens is 2. The third kappa shape index (κ3) is 8.67. The van der Waals surface area contributed by atoms with E-state index >= 15 is 0 Å². The van der Waals surface area contributed by atoms with Gasteiger partial charge in [-0.25, -0.2) is 0 Å². The van der Waals surface area contributed by atoms with Crippen LogP contribution in [0, 0.1) is 0 Å². The van der Waals surface area contributed by atoms with Crippen molar-refractivity contribution in [2.75, 3.05) is 12.0 Å². The summed E-state index contributed by atoms with van der Waals surface area (Å²) in [5.41, 5.74) is 11.4. The number of hydrogen-bond donors (Lipinski definition) is 2. The Kier molecular flexibility index (Phi) is 12.7. The van der Waals surface area contributed by atoms with Gasteiger partial charge in [-0.15, -0.1) is 11.8 Å². The zero-order valence-electron chi connectivity index (χ0n) is 17.7. The van der Waals surface area contributed by atoms with Gasteiger partial charge < -0.3 is 11.5 Å². The summed E-state index contributed by atoms with van der Waals surface area (Å²) in [7, 11) is 0. The number of carbonyl (C=O) groups excluding carboxylic acids is 2. The Morgan fingerprint density at radius 3 is 1.75 bits per heavy atom. The first-order chi connectivity index (χ1) is 13.5. The van der Waals surface area contributed by atoms with Crippen molar-refractivity contribution in [2.24, 2.45) is 5.73 Å². The Morgan fingerprint density at radius 2 is 1.36 bits per heavy atom. The molecule has 6 nitrogen and oxygen atoms in total. The quantitative estimate of drug-likeness (QED) is 0.280. The predicted octanol–water partition coefficient (Wildman–Crippen LogP) is 5.41. The molecular formula is C21H38N4O2S. The summed E-state index contributed by atoms with van der Waals surface area (Å²) in [4.78, 5) is 23.8. The van der Waals surface area contributed by atoms with E-state index in [1.165, 1.54) is 76.0 Å². The number of nitrogens with two attached hydrogens (primary N) is 2. The van der Waals surface area contributed by atoms with E-state index in [1.807, 2.05) is 0 Å². The van der Waals surface area contributed by atoms with Gasteiger partial charge in [0.1, 0.15) is 16.4 Å². The van der Waals surface area contributed by atoms with Crippen molar-refractivity contribution in [3.05, 3.63) is 5.56 Å². The number of primary amides is 1. The van der Waals surface area contributed by atoms with Crippen LogP contribution in [0.1, 0.15) is 112 Å². The molecule has 0 aliphatic rings. The number of thioether (sulfide) groups is 1. The lowest BCUT2D eigenvalue weighted by molar-refractivity contribution is 0.0884. The number of unbranched alkanes of at least 4 members (excludes halogenated alkanes) is 12. The average Bonchev–Trinajstić information content (AvgIpc) is 3.02. The van der Waals surface area contributed by atoms with E-state index in [0.717, 1.165) is 23.9 Å². The van der Waals surface area contributed by atoms with Crippen LogP contribution in [-0.4, -0.2) is 27.9 Å². The molecule has 1 aromatic heterocycles. The van der Waals surface area contributed by atoms with E-state index in [9.17, 15) is 9.59 Å². The Morgan fingerprint density at radius 1 is 0.893 bits per heavy atom. The van der Waals surface area contributed by atoms with E-state index < -0.39 is 5.91 Å². The second-order valence-electron chi connectivity index (χ2n) is 7.43. The van der Waals surface area contributed by atoms with Gasteiger partial charge in [0.25, 0.3) is 5.91 Å². The number of amides is 1. The number of nitrogen functional groups attached to an aromatic ring is 1. The molecule has 0 bridgehead atoms. The van der Waals surface area contributed by atoms with Gasteiger partial charge in [-0.05, 0) is 12.7 Å². The van der Waals surface area contributed by atoms with Crippen LogP contribution < -0.4 is 11.5 Å². The normalized spacial score (nSPS) is 11.1. The largest absolute Gasteiger partial charge is 0.383 e. The molecule has 0 aromatic carbocycles. The summed E-state index contributed by atoms with van der Waals surface area (Å²) < 4.78 is 1.13. The molecule has 0 fully saturated rings. The lowest BCUT2D eigenvalue weighted by Gasteiger charge is -2.04. The van der Waals surface area contributed by atoms with Crippen molar-refractivity contribution in [1.29, 1.82) is 0 Å². The highest BCUT2D eigenvalue weighted by Gasteiger charge is 2.22. The first-order valence-corrected chi connectivity index (χ1v) is 12.0.